The van der Waals surface area contributed by atoms with Crippen molar-refractivity contribution in [3.8, 4) is 5.75 Å². The van der Waals surface area contributed by atoms with Gasteiger partial charge < -0.3 is 10.5 Å². The summed E-state index contributed by atoms with van der Waals surface area (Å²) in [6.07, 6.45) is -2.95. The van der Waals surface area contributed by atoms with E-state index in [1.54, 1.807) is 12.1 Å². The standard InChI is InChI=1S/C15H14F3N3O2/c1-9(14-20-7-6-12(21-14)13(19)22)10-2-4-11(5-3-10)23-8-15(16,17)18/h2-7,9H,8H2,1H3,(H2,19,22). The number of primary amides is 1. The summed E-state index contributed by atoms with van der Waals surface area (Å²) < 4.78 is 40.9. The lowest BCUT2D eigenvalue weighted by Crippen LogP contribution is -2.19. The van der Waals surface area contributed by atoms with Crippen LogP contribution < -0.4 is 10.5 Å². The Hall–Kier alpha value is -2.64. The molecule has 1 aromatic carbocycles. The molecule has 1 amide bonds. The van der Waals surface area contributed by atoms with E-state index in [0.29, 0.717) is 5.82 Å². The number of halogens is 3. The van der Waals surface area contributed by atoms with Crippen molar-refractivity contribution in [2.45, 2.75) is 19.0 Å². The second-order valence-corrected chi connectivity index (χ2v) is 4.86. The van der Waals surface area contributed by atoms with Crippen molar-refractivity contribution in [2.24, 2.45) is 5.73 Å². The lowest BCUT2D eigenvalue weighted by Gasteiger charge is -2.13. The van der Waals surface area contributed by atoms with Crippen LogP contribution in [0.15, 0.2) is 36.5 Å². The van der Waals surface area contributed by atoms with Gasteiger partial charge in [-0.05, 0) is 23.8 Å². The molecule has 2 aromatic rings. The number of rotatable bonds is 5. The number of amides is 1. The van der Waals surface area contributed by atoms with Crippen LogP contribution in [-0.4, -0.2) is 28.7 Å². The molecule has 0 saturated heterocycles. The Bertz CT molecular complexity index is 687. The van der Waals surface area contributed by atoms with Gasteiger partial charge in [0.05, 0.1) is 0 Å². The minimum absolute atomic E-state index is 0.104. The number of benzene rings is 1. The Morgan fingerprint density at radius 2 is 1.91 bits per heavy atom. The lowest BCUT2D eigenvalue weighted by molar-refractivity contribution is -0.153. The van der Waals surface area contributed by atoms with E-state index < -0.39 is 18.7 Å². The molecule has 1 atom stereocenters. The quantitative estimate of drug-likeness (QED) is 0.917. The van der Waals surface area contributed by atoms with Gasteiger partial charge in [0.1, 0.15) is 17.3 Å². The van der Waals surface area contributed by atoms with Gasteiger partial charge in [-0.3, -0.25) is 4.79 Å². The first kappa shape index (κ1) is 16.7. The first-order valence-electron chi connectivity index (χ1n) is 6.68. The van der Waals surface area contributed by atoms with Crippen LogP contribution in [0.25, 0.3) is 0 Å². The summed E-state index contributed by atoms with van der Waals surface area (Å²) in [6.45, 7) is 0.470. The SMILES string of the molecule is CC(c1ccc(OCC(F)(F)F)cc1)c1nccc(C(N)=O)n1. The molecule has 0 aliphatic carbocycles. The molecule has 2 N–H and O–H groups in total. The zero-order valence-corrected chi connectivity index (χ0v) is 12.2. The van der Waals surface area contributed by atoms with Gasteiger partial charge in [-0.1, -0.05) is 19.1 Å². The first-order valence-corrected chi connectivity index (χ1v) is 6.68. The summed E-state index contributed by atoms with van der Waals surface area (Å²) in [4.78, 5) is 19.3. The monoisotopic (exact) mass is 325 g/mol. The predicted molar refractivity (Wildman–Crippen MR) is 76.1 cm³/mol. The topological polar surface area (TPSA) is 78.1 Å². The second kappa shape index (κ2) is 6.64. The molecule has 0 spiro atoms. The molecule has 122 valence electrons. The van der Waals surface area contributed by atoms with E-state index in [0.717, 1.165) is 5.56 Å². The van der Waals surface area contributed by atoms with Crippen molar-refractivity contribution in [1.29, 1.82) is 0 Å². The second-order valence-electron chi connectivity index (χ2n) is 4.86. The zero-order valence-electron chi connectivity index (χ0n) is 12.2. The number of nitrogens with two attached hydrogens (primary N) is 1. The number of nitrogens with zero attached hydrogens (tertiary/aromatic N) is 2. The van der Waals surface area contributed by atoms with Gasteiger partial charge in [0.25, 0.3) is 5.91 Å². The van der Waals surface area contributed by atoms with Crippen LogP contribution >= 0.6 is 0 Å². The van der Waals surface area contributed by atoms with Gasteiger partial charge in [0.2, 0.25) is 0 Å². The summed E-state index contributed by atoms with van der Waals surface area (Å²) in [6, 6.07) is 7.53. The molecule has 1 heterocycles. The van der Waals surface area contributed by atoms with Crippen LogP contribution in [0.2, 0.25) is 0 Å². The molecule has 0 aliphatic rings. The maximum Gasteiger partial charge on any atom is 0.422 e. The third-order valence-electron chi connectivity index (χ3n) is 3.10. The average Bonchev–Trinajstić information content (AvgIpc) is 2.52. The highest BCUT2D eigenvalue weighted by molar-refractivity contribution is 5.90. The summed E-state index contributed by atoms with van der Waals surface area (Å²) in [5.74, 6) is -0.405. The molecular weight excluding hydrogens is 311 g/mol. The molecule has 2 rings (SSSR count). The van der Waals surface area contributed by atoms with Crippen LogP contribution in [-0.2, 0) is 0 Å². The number of carbonyl (C=O) groups excluding carboxylic acids is 1. The molecule has 0 aliphatic heterocycles. The summed E-state index contributed by atoms with van der Waals surface area (Å²) in [5, 5.41) is 0. The Morgan fingerprint density at radius 3 is 2.48 bits per heavy atom. The number of alkyl halides is 3. The normalized spacial score (nSPS) is 12.7. The van der Waals surface area contributed by atoms with Gasteiger partial charge in [-0.15, -0.1) is 0 Å². The maximum absolute atomic E-state index is 12.1. The highest BCUT2D eigenvalue weighted by atomic mass is 19.4. The van der Waals surface area contributed by atoms with Crippen LogP contribution in [0.1, 0.15) is 34.7 Å². The highest BCUT2D eigenvalue weighted by Gasteiger charge is 2.28. The fourth-order valence-corrected chi connectivity index (χ4v) is 1.89. The van der Waals surface area contributed by atoms with Crippen molar-refractivity contribution >= 4 is 5.91 Å². The van der Waals surface area contributed by atoms with Crippen molar-refractivity contribution in [3.05, 3.63) is 53.6 Å². The molecule has 5 nitrogen and oxygen atoms in total. The summed E-state index contributed by atoms with van der Waals surface area (Å²) >= 11 is 0. The van der Waals surface area contributed by atoms with Gasteiger partial charge in [0.15, 0.2) is 6.61 Å². The first-order chi connectivity index (χ1) is 10.8. The fourth-order valence-electron chi connectivity index (χ4n) is 1.89. The minimum atomic E-state index is -4.38. The van der Waals surface area contributed by atoms with E-state index in [9.17, 15) is 18.0 Å². The van der Waals surface area contributed by atoms with Crippen LogP contribution in [0.4, 0.5) is 13.2 Å². The van der Waals surface area contributed by atoms with E-state index in [1.165, 1.54) is 24.4 Å². The van der Waals surface area contributed by atoms with Gasteiger partial charge in [-0.2, -0.15) is 13.2 Å². The number of carbonyl (C=O) groups is 1. The van der Waals surface area contributed by atoms with E-state index >= 15 is 0 Å². The van der Waals surface area contributed by atoms with Gasteiger partial charge in [-0.25, -0.2) is 9.97 Å². The Balaban J connectivity index is 2.12. The molecule has 0 radical (unpaired) electrons. The van der Waals surface area contributed by atoms with Crippen molar-refractivity contribution < 1.29 is 22.7 Å². The number of hydrogen-bond acceptors (Lipinski definition) is 4. The number of hydrogen-bond donors (Lipinski definition) is 1. The molecule has 0 bridgehead atoms. The van der Waals surface area contributed by atoms with Crippen LogP contribution in [0.5, 0.6) is 5.75 Å². The highest BCUT2D eigenvalue weighted by Crippen LogP contribution is 2.24. The Morgan fingerprint density at radius 1 is 1.26 bits per heavy atom. The molecule has 0 saturated carbocycles. The average molecular weight is 325 g/mol. The molecular formula is C15H14F3N3O2. The van der Waals surface area contributed by atoms with Gasteiger partial charge in [0, 0.05) is 12.1 Å². The van der Waals surface area contributed by atoms with Crippen LogP contribution in [0.3, 0.4) is 0 Å². The minimum Gasteiger partial charge on any atom is -0.484 e. The van der Waals surface area contributed by atoms with E-state index in [2.05, 4.69) is 14.7 Å². The molecule has 1 aromatic heterocycles. The van der Waals surface area contributed by atoms with Crippen LogP contribution in [0, 0.1) is 0 Å². The van der Waals surface area contributed by atoms with E-state index in [-0.39, 0.29) is 17.4 Å². The third kappa shape index (κ3) is 4.67. The molecule has 0 fully saturated rings. The fraction of sp³-hybridized carbons (Fsp3) is 0.267. The van der Waals surface area contributed by atoms with Gasteiger partial charge >= 0.3 is 6.18 Å². The van der Waals surface area contributed by atoms with E-state index in [4.69, 9.17) is 5.73 Å². The molecule has 8 heteroatoms. The Kier molecular flexibility index (Phi) is 4.83. The number of ether oxygens (including phenoxy) is 1. The Labute approximate surface area is 130 Å². The molecule has 1 unspecified atom stereocenters. The largest absolute Gasteiger partial charge is 0.484 e. The maximum atomic E-state index is 12.1. The summed E-state index contributed by atoms with van der Waals surface area (Å²) in [5.41, 5.74) is 6.05. The number of aromatic nitrogens is 2. The van der Waals surface area contributed by atoms with Crippen molar-refractivity contribution in [1.82, 2.24) is 9.97 Å². The van der Waals surface area contributed by atoms with Crippen molar-refractivity contribution in [2.75, 3.05) is 6.61 Å². The van der Waals surface area contributed by atoms with E-state index in [1.807, 2.05) is 6.92 Å². The molecule has 23 heavy (non-hydrogen) atoms. The van der Waals surface area contributed by atoms with Crippen molar-refractivity contribution in [3.63, 3.8) is 0 Å². The lowest BCUT2D eigenvalue weighted by atomic mass is 10.0. The summed E-state index contributed by atoms with van der Waals surface area (Å²) in [7, 11) is 0. The third-order valence-corrected chi connectivity index (χ3v) is 3.10. The predicted octanol–water partition coefficient (Wildman–Crippen LogP) is 2.67. The zero-order chi connectivity index (χ0) is 17.0. The smallest absolute Gasteiger partial charge is 0.422 e.